The van der Waals surface area contributed by atoms with E-state index in [1.54, 1.807) is 25.4 Å². The third-order valence-electron chi connectivity index (χ3n) is 4.14. The summed E-state index contributed by atoms with van der Waals surface area (Å²) in [6, 6.07) is 8.49. The second-order valence-corrected chi connectivity index (χ2v) is 6.08. The van der Waals surface area contributed by atoms with Crippen LogP contribution in [0.1, 0.15) is 17.0 Å². The summed E-state index contributed by atoms with van der Waals surface area (Å²) in [5.74, 6) is 2.46. The van der Waals surface area contributed by atoms with Crippen molar-refractivity contribution in [3.63, 3.8) is 0 Å². The maximum Gasteiger partial charge on any atom is 0.216 e. The number of halogens is 2. The fraction of sp³-hybridized carbons (Fsp3) is 0.316. The Labute approximate surface area is 180 Å². The van der Waals surface area contributed by atoms with E-state index in [9.17, 15) is 4.39 Å². The highest BCUT2D eigenvalue weighted by atomic mass is 127. The smallest absolute Gasteiger partial charge is 0.216 e. The number of furan rings is 1. The van der Waals surface area contributed by atoms with E-state index in [1.165, 1.54) is 6.07 Å². The lowest BCUT2D eigenvalue weighted by Crippen LogP contribution is -2.39. The quantitative estimate of drug-likeness (QED) is 0.265. The Balaban J connectivity index is 0.00000280. The Bertz CT molecular complexity index is 894. The Hall–Kier alpha value is -2.43. The van der Waals surface area contributed by atoms with Crippen molar-refractivity contribution >= 4 is 29.9 Å². The number of aryl methyl sites for hydroxylation is 1. The number of benzene rings is 1. The summed E-state index contributed by atoms with van der Waals surface area (Å²) in [7, 11) is 1.72. The molecule has 0 bridgehead atoms. The molecule has 3 aromatic rings. The van der Waals surface area contributed by atoms with Crippen molar-refractivity contribution in [3.05, 3.63) is 59.4 Å². The highest BCUT2D eigenvalue weighted by Gasteiger charge is 2.08. The summed E-state index contributed by atoms with van der Waals surface area (Å²) >= 11 is 0. The standard InChI is InChI=1S/C19H23FN6O.HI/c1-13-12-15(20)6-5-14(13)7-9-22-19(21-2)23-10-8-17-24-18(26-25-17)16-4-3-11-27-16;/h3-6,11-12H,7-10H2,1-2H3,(H2,21,22,23)(H,24,25,26);1H. The van der Waals surface area contributed by atoms with Crippen molar-refractivity contribution < 1.29 is 8.81 Å². The second kappa shape index (κ2) is 10.8. The molecule has 2 heterocycles. The first-order chi connectivity index (χ1) is 13.2. The topological polar surface area (TPSA) is 91.1 Å². The number of aliphatic imine (C=N–C) groups is 1. The maximum atomic E-state index is 13.2. The van der Waals surface area contributed by atoms with E-state index in [0.717, 1.165) is 23.4 Å². The van der Waals surface area contributed by atoms with Crippen molar-refractivity contribution in [1.82, 2.24) is 25.8 Å². The van der Waals surface area contributed by atoms with E-state index < -0.39 is 0 Å². The van der Waals surface area contributed by atoms with Crippen LogP contribution in [0, 0.1) is 12.7 Å². The number of hydrogen-bond acceptors (Lipinski definition) is 4. The number of aromatic nitrogens is 3. The highest BCUT2D eigenvalue weighted by molar-refractivity contribution is 14.0. The molecule has 3 rings (SSSR count). The summed E-state index contributed by atoms with van der Waals surface area (Å²) < 4.78 is 18.4. The van der Waals surface area contributed by atoms with Crippen LogP contribution in [0.4, 0.5) is 4.39 Å². The van der Waals surface area contributed by atoms with Crippen molar-refractivity contribution in [3.8, 4) is 11.6 Å². The molecule has 0 radical (unpaired) electrons. The van der Waals surface area contributed by atoms with Gasteiger partial charge in [0.1, 0.15) is 11.6 Å². The van der Waals surface area contributed by atoms with Crippen LogP contribution in [0.2, 0.25) is 0 Å². The molecular formula is C19H24FIN6O. The number of nitrogens with one attached hydrogen (secondary N) is 3. The van der Waals surface area contributed by atoms with Gasteiger partial charge in [0, 0.05) is 26.6 Å². The molecule has 1 aromatic carbocycles. The van der Waals surface area contributed by atoms with Crippen LogP contribution in [-0.2, 0) is 12.8 Å². The molecule has 0 spiro atoms. The molecule has 0 saturated carbocycles. The fourth-order valence-electron chi connectivity index (χ4n) is 2.70. The van der Waals surface area contributed by atoms with Gasteiger partial charge in [0.2, 0.25) is 5.82 Å². The largest absolute Gasteiger partial charge is 0.461 e. The molecule has 0 aliphatic heterocycles. The number of aromatic amines is 1. The Morgan fingerprint density at radius 3 is 2.68 bits per heavy atom. The molecule has 0 atom stereocenters. The van der Waals surface area contributed by atoms with E-state index in [4.69, 9.17) is 4.42 Å². The highest BCUT2D eigenvalue weighted by Crippen LogP contribution is 2.14. The van der Waals surface area contributed by atoms with Gasteiger partial charge in [0.05, 0.1) is 6.26 Å². The van der Waals surface area contributed by atoms with Gasteiger partial charge >= 0.3 is 0 Å². The third kappa shape index (κ3) is 6.04. The molecule has 0 aliphatic rings. The monoisotopic (exact) mass is 498 g/mol. The molecule has 0 unspecified atom stereocenters. The van der Waals surface area contributed by atoms with Gasteiger partial charge in [-0.1, -0.05) is 6.07 Å². The number of nitrogens with zero attached hydrogens (tertiary/aromatic N) is 3. The van der Waals surface area contributed by atoms with Gasteiger partial charge in [0.25, 0.3) is 0 Å². The van der Waals surface area contributed by atoms with Crippen LogP contribution in [0.15, 0.2) is 46.0 Å². The van der Waals surface area contributed by atoms with Crippen molar-refractivity contribution in [2.75, 3.05) is 20.1 Å². The first kappa shape index (κ1) is 21.9. The van der Waals surface area contributed by atoms with Crippen molar-refractivity contribution in [2.24, 2.45) is 4.99 Å². The summed E-state index contributed by atoms with van der Waals surface area (Å²) in [5, 5.41) is 13.6. The predicted molar refractivity (Wildman–Crippen MR) is 117 cm³/mol. The zero-order valence-corrected chi connectivity index (χ0v) is 18.2. The van der Waals surface area contributed by atoms with E-state index in [2.05, 4.69) is 30.8 Å². The van der Waals surface area contributed by atoms with Crippen LogP contribution in [0.5, 0.6) is 0 Å². The fourth-order valence-corrected chi connectivity index (χ4v) is 2.70. The van der Waals surface area contributed by atoms with Gasteiger partial charge in [-0.05, 0) is 48.7 Å². The predicted octanol–water partition coefficient (Wildman–Crippen LogP) is 3.08. The lowest BCUT2D eigenvalue weighted by molar-refractivity contribution is 0.577. The minimum absolute atomic E-state index is 0. The molecule has 9 heteroatoms. The molecule has 150 valence electrons. The number of guanidine groups is 1. The number of hydrogen-bond donors (Lipinski definition) is 3. The Kier molecular flexibility index (Phi) is 8.42. The minimum atomic E-state index is -0.204. The molecule has 0 amide bonds. The third-order valence-corrected chi connectivity index (χ3v) is 4.14. The van der Waals surface area contributed by atoms with E-state index >= 15 is 0 Å². The van der Waals surface area contributed by atoms with Gasteiger partial charge in [-0.15, -0.1) is 24.0 Å². The number of rotatable bonds is 7. The summed E-state index contributed by atoms with van der Waals surface area (Å²) in [4.78, 5) is 8.61. The molecule has 0 fully saturated rings. The summed E-state index contributed by atoms with van der Waals surface area (Å²) in [6.45, 7) is 3.28. The molecular weight excluding hydrogens is 474 g/mol. The van der Waals surface area contributed by atoms with Gasteiger partial charge in [-0.3, -0.25) is 10.1 Å². The van der Waals surface area contributed by atoms with E-state index in [-0.39, 0.29) is 29.8 Å². The van der Waals surface area contributed by atoms with Crippen LogP contribution >= 0.6 is 24.0 Å². The first-order valence-electron chi connectivity index (χ1n) is 8.80. The molecule has 7 nitrogen and oxygen atoms in total. The second-order valence-electron chi connectivity index (χ2n) is 6.08. The van der Waals surface area contributed by atoms with Crippen LogP contribution in [0.3, 0.4) is 0 Å². The first-order valence-corrected chi connectivity index (χ1v) is 8.80. The molecule has 0 aliphatic carbocycles. The van der Waals surface area contributed by atoms with Gasteiger partial charge in [-0.25, -0.2) is 9.37 Å². The van der Waals surface area contributed by atoms with Gasteiger partial charge < -0.3 is 15.1 Å². The normalized spacial score (nSPS) is 11.2. The van der Waals surface area contributed by atoms with Crippen molar-refractivity contribution in [1.29, 1.82) is 0 Å². The SMILES string of the molecule is CN=C(NCCc1nc(-c2ccco2)n[nH]1)NCCc1ccc(F)cc1C.I. The van der Waals surface area contributed by atoms with Crippen LogP contribution in [0.25, 0.3) is 11.6 Å². The number of H-pyrrole nitrogens is 1. The molecule has 0 saturated heterocycles. The van der Waals surface area contributed by atoms with Crippen LogP contribution < -0.4 is 10.6 Å². The molecule has 3 N–H and O–H groups in total. The van der Waals surface area contributed by atoms with E-state index in [1.807, 2.05) is 19.1 Å². The van der Waals surface area contributed by atoms with Crippen molar-refractivity contribution in [2.45, 2.75) is 19.8 Å². The average molecular weight is 498 g/mol. The van der Waals surface area contributed by atoms with E-state index in [0.29, 0.717) is 37.1 Å². The lowest BCUT2D eigenvalue weighted by Gasteiger charge is -2.12. The van der Waals surface area contributed by atoms with Crippen LogP contribution in [-0.4, -0.2) is 41.3 Å². The minimum Gasteiger partial charge on any atom is -0.461 e. The summed E-state index contributed by atoms with van der Waals surface area (Å²) in [5.41, 5.74) is 2.07. The zero-order chi connectivity index (χ0) is 19.1. The summed E-state index contributed by atoms with van der Waals surface area (Å²) in [6.07, 6.45) is 3.06. The zero-order valence-electron chi connectivity index (χ0n) is 15.8. The van der Waals surface area contributed by atoms with Gasteiger partial charge in [-0.2, -0.15) is 5.10 Å². The van der Waals surface area contributed by atoms with Gasteiger partial charge in [0.15, 0.2) is 11.7 Å². The Morgan fingerprint density at radius 1 is 1.21 bits per heavy atom. The molecule has 28 heavy (non-hydrogen) atoms. The lowest BCUT2D eigenvalue weighted by atomic mass is 10.1. The maximum absolute atomic E-state index is 13.2. The Morgan fingerprint density at radius 2 is 2.00 bits per heavy atom. The molecule has 2 aromatic heterocycles. The average Bonchev–Trinajstić information content (AvgIpc) is 3.33.